The SMILES string of the molecule is COC(=O)[C@H](C(=O)OC(C)(C)C)N1CCCC1. The molecule has 0 amide bonds. The normalized spacial score (nSPS) is 18.8. The highest BCUT2D eigenvalue weighted by molar-refractivity contribution is 5.99. The second-order valence-corrected chi connectivity index (χ2v) is 5.20. The molecule has 0 aromatic rings. The van der Waals surface area contributed by atoms with Crippen LogP contribution < -0.4 is 0 Å². The van der Waals surface area contributed by atoms with Crippen molar-refractivity contribution >= 4 is 11.9 Å². The molecule has 0 saturated carbocycles. The van der Waals surface area contributed by atoms with Gasteiger partial charge in [0.2, 0.25) is 6.04 Å². The van der Waals surface area contributed by atoms with Gasteiger partial charge < -0.3 is 9.47 Å². The lowest BCUT2D eigenvalue weighted by atomic mass is 10.2. The summed E-state index contributed by atoms with van der Waals surface area (Å²) in [6, 6.07) is -0.915. The minimum atomic E-state index is -0.915. The summed E-state index contributed by atoms with van der Waals surface area (Å²) in [6.45, 7) is 6.81. The molecule has 1 atom stereocenters. The summed E-state index contributed by atoms with van der Waals surface area (Å²) in [6.07, 6.45) is 1.99. The van der Waals surface area contributed by atoms with Crippen LogP contribution in [0.15, 0.2) is 0 Å². The van der Waals surface area contributed by atoms with Gasteiger partial charge in [0.25, 0.3) is 0 Å². The first kappa shape index (κ1) is 14.0. The van der Waals surface area contributed by atoms with Crippen molar-refractivity contribution in [2.75, 3.05) is 20.2 Å². The Bertz CT molecular complexity index is 289. The molecule has 5 nitrogen and oxygen atoms in total. The molecule has 1 saturated heterocycles. The van der Waals surface area contributed by atoms with E-state index in [2.05, 4.69) is 4.74 Å². The van der Waals surface area contributed by atoms with Gasteiger partial charge in [0, 0.05) is 0 Å². The van der Waals surface area contributed by atoms with E-state index < -0.39 is 23.6 Å². The number of carbonyl (C=O) groups excluding carboxylic acids is 2. The van der Waals surface area contributed by atoms with Crippen LogP contribution in [0.3, 0.4) is 0 Å². The van der Waals surface area contributed by atoms with Gasteiger partial charge in [-0.1, -0.05) is 0 Å². The van der Waals surface area contributed by atoms with Crippen LogP contribution in [0, 0.1) is 0 Å². The van der Waals surface area contributed by atoms with Crippen LogP contribution in [0.1, 0.15) is 33.6 Å². The third-order valence-electron chi connectivity index (χ3n) is 2.56. The third-order valence-corrected chi connectivity index (χ3v) is 2.56. The summed E-state index contributed by atoms with van der Waals surface area (Å²) in [7, 11) is 1.29. The van der Waals surface area contributed by atoms with E-state index in [4.69, 9.17) is 4.74 Å². The summed E-state index contributed by atoms with van der Waals surface area (Å²) < 4.78 is 9.93. The van der Waals surface area contributed by atoms with Crippen LogP contribution in [0.4, 0.5) is 0 Å². The molecule has 1 heterocycles. The smallest absolute Gasteiger partial charge is 0.335 e. The monoisotopic (exact) mass is 243 g/mol. The largest absolute Gasteiger partial charge is 0.467 e. The van der Waals surface area contributed by atoms with E-state index in [0.717, 1.165) is 25.9 Å². The number of carbonyl (C=O) groups is 2. The second-order valence-electron chi connectivity index (χ2n) is 5.20. The lowest BCUT2D eigenvalue weighted by molar-refractivity contribution is -0.169. The first-order valence-corrected chi connectivity index (χ1v) is 5.90. The molecule has 0 aliphatic carbocycles. The zero-order valence-electron chi connectivity index (χ0n) is 11.0. The van der Waals surface area contributed by atoms with Gasteiger partial charge in [0.1, 0.15) is 5.60 Å². The minimum absolute atomic E-state index is 0.522. The number of methoxy groups -OCH3 is 1. The fraction of sp³-hybridized carbons (Fsp3) is 0.833. The molecule has 1 aliphatic heterocycles. The third kappa shape index (κ3) is 4.00. The van der Waals surface area contributed by atoms with E-state index in [0.29, 0.717) is 0 Å². The number of hydrogen-bond acceptors (Lipinski definition) is 5. The number of nitrogens with zero attached hydrogens (tertiary/aromatic N) is 1. The van der Waals surface area contributed by atoms with Gasteiger partial charge in [-0.3, -0.25) is 4.90 Å². The zero-order valence-corrected chi connectivity index (χ0v) is 11.0. The summed E-state index contributed by atoms with van der Waals surface area (Å²) in [5, 5.41) is 0. The number of esters is 2. The maximum absolute atomic E-state index is 12.0. The predicted molar refractivity (Wildman–Crippen MR) is 62.5 cm³/mol. The molecular formula is C12H21NO4. The molecule has 0 N–H and O–H groups in total. The molecule has 0 aromatic carbocycles. The highest BCUT2D eigenvalue weighted by atomic mass is 16.6. The van der Waals surface area contributed by atoms with E-state index in [1.54, 1.807) is 20.8 Å². The van der Waals surface area contributed by atoms with Crippen LogP contribution >= 0.6 is 0 Å². The van der Waals surface area contributed by atoms with E-state index in [1.165, 1.54) is 7.11 Å². The Kier molecular flexibility index (Phi) is 4.51. The van der Waals surface area contributed by atoms with Crippen molar-refractivity contribution in [3.8, 4) is 0 Å². The van der Waals surface area contributed by atoms with Crippen molar-refractivity contribution in [1.29, 1.82) is 0 Å². The Hall–Kier alpha value is -1.10. The molecule has 5 heteroatoms. The minimum Gasteiger partial charge on any atom is -0.467 e. The topological polar surface area (TPSA) is 55.8 Å². The molecule has 17 heavy (non-hydrogen) atoms. The Labute approximate surface area is 102 Å². The summed E-state index contributed by atoms with van der Waals surface area (Å²) in [5.74, 6) is -1.06. The summed E-state index contributed by atoms with van der Waals surface area (Å²) in [4.78, 5) is 25.5. The van der Waals surface area contributed by atoms with Crippen LogP contribution in [-0.2, 0) is 19.1 Å². The maximum Gasteiger partial charge on any atom is 0.335 e. The molecule has 0 radical (unpaired) electrons. The molecule has 0 spiro atoms. The molecule has 0 unspecified atom stereocenters. The molecule has 0 bridgehead atoms. The van der Waals surface area contributed by atoms with E-state index in [-0.39, 0.29) is 0 Å². The molecule has 1 rings (SSSR count). The highest BCUT2D eigenvalue weighted by Gasteiger charge is 2.38. The average molecular weight is 243 g/mol. The average Bonchev–Trinajstić information content (AvgIpc) is 2.68. The lowest BCUT2D eigenvalue weighted by Crippen LogP contribution is -2.48. The lowest BCUT2D eigenvalue weighted by Gasteiger charge is -2.27. The zero-order chi connectivity index (χ0) is 13.1. The molecule has 0 aromatic heterocycles. The van der Waals surface area contributed by atoms with Crippen LogP contribution in [0.25, 0.3) is 0 Å². The van der Waals surface area contributed by atoms with Gasteiger partial charge in [-0.25, -0.2) is 9.59 Å². The molecule has 98 valence electrons. The summed E-state index contributed by atoms with van der Waals surface area (Å²) in [5.41, 5.74) is -0.594. The first-order chi connectivity index (χ1) is 7.85. The van der Waals surface area contributed by atoms with E-state index in [1.807, 2.05) is 4.90 Å². The Morgan fingerprint density at radius 2 is 1.65 bits per heavy atom. The Morgan fingerprint density at radius 1 is 1.12 bits per heavy atom. The van der Waals surface area contributed by atoms with Gasteiger partial charge in [-0.15, -0.1) is 0 Å². The fourth-order valence-corrected chi connectivity index (χ4v) is 1.86. The molecule has 1 fully saturated rings. The highest BCUT2D eigenvalue weighted by Crippen LogP contribution is 2.17. The van der Waals surface area contributed by atoms with E-state index >= 15 is 0 Å². The van der Waals surface area contributed by atoms with Crippen molar-refractivity contribution < 1.29 is 19.1 Å². The van der Waals surface area contributed by atoms with Crippen LogP contribution in [-0.4, -0.2) is 48.7 Å². The van der Waals surface area contributed by atoms with Crippen molar-refractivity contribution in [2.24, 2.45) is 0 Å². The van der Waals surface area contributed by atoms with Gasteiger partial charge in [0.05, 0.1) is 7.11 Å². The van der Waals surface area contributed by atoms with Crippen molar-refractivity contribution in [3.63, 3.8) is 0 Å². The van der Waals surface area contributed by atoms with Gasteiger partial charge in [-0.05, 0) is 46.7 Å². The maximum atomic E-state index is 12.0. The first-order valence-electron chi connectivity index (χ1n) is 5.90. The fourth-order valence-electron chi connectivity index (χ4n) is 1.86. The Morgan fingerprint density at radius 3 is 2.06 bits per heavy atom. The number of likely N-dealkylation sites (tertiary alicyclic amines) is 1. The van der Waals surface area contributed by atoms with Crippen molar-refractivity contribution in [3.05, 3.63) is 0 Å². The van der Waals surface area contributed by atoms with Crippen molar-refractivity contribution in [1.82, 2.24) is 4.90 Å². The van der Waals surface area contributed by atoms with Crippen LogP contribution in [0.5, 0.6) is 0 Å². The van der Waals surface area contributed by atoms with Crippen molar-refractivity contribution in [2.45, 2.75) is 45.3 Å². The number of hydrogen-bond donors (Lipinski definition) is 0. The quantitative estimate of drug-likeness (QED) is 0.546. The van der Waals surface area contributed by atoms with Gasteiger partial charge in [-0.2, -0.15) is 0 Å². The number of ether oxygens (including phenoxy) is 2. The van der Waals surface area contributed by atoms with Crippen LogP contribution in [0.2, 0.25) is 0 Å². The molecule has 1 aliphatic rings. The standard InChI is InChI=1S/C12H21NO4/c1-12(2,3)17-11(15)9(10(14)16-4)13-7-5-6-8-13/h9H,5-8H2,1-4H3/t9-/m1/s1. The predicted octanol–water partition coefficient (Wildman–Crippen LogP) is 0.965. The molecular weight excluding hydrogens is 222 g/mol. The second kappa shape index (κ2) is 5.49. The van der Waals surface area contributed by atoms with Gasteiger partial charge >= 0.3 is 11.9 Å². The number of rotatable bonds is 3. The Balaban J connectivity index is 2.75. The van der Waals surface area contributed by atoms with Gasteiger partial charge in [0.15, 0.2) is 0 Å². The van der Waals surface area contributed by atoms with E-state index in [9.17, 15) is 9.59 Å². The summed E-state index contributed by atoms with van der Waals surface area (Å²) >= 11 is 0.